The largest absolute Gasteiger partial charge is 0.299 e. The van der Waals surface area contributed by atoms with E-state index in [1.165, 1.54) is 0 Å². The topological polar surface area (TPSA) is 77.5 Å². The van der Waals surface area contributed by atoms with Crippen LogP contribution in [0, 0.1) is 16.7 Å². The zero-order valence-electron chi connectivity index (χ0n) is 15.5. The second kappa shape index (κ2) is 6.34. The van der Waals surface area contributed by atoms with Crippen molar-refractivity contribution in [3.05, 3.63) is 0 Å². The van der Waals surface area contributed by atoms with E-state index in [-0.39, 0.29) is 34.4 Å². The summed E-state index contributed by atoms with van der Waals surface area (Å²) in [6, 6.07) is 0. The average Bonchev–Trinajstić information content (AvgIpc) is 3.09. The highest BCUT2D eigenvalue weighted by atomic mass is 32.3. The summed E-state index contributed by atoms with van der Waals surface area (Å²) in [6.07, 6.45) is 4.30. The first-order chi connectivity index (χ1) is 11.6. The van der Waals surface area contributed by atoms with E-state index in [2.05, 4.69) is 0 Å². The molecule has 7 heteroatoms. The molecule has 2 atom stereocenters. The van der Waals surface area contributed by atoms with Crippen molar-refractivity contribution in [2.75, 3.05) is 23.0 Å². The van der Waals surface area contributed by atoms with Crippen molar-refractivity contribution < 1.29 is 21.6 Å². The fraction of sp³-hybridized carbons (Fsp3) is 0.889. The third-order valence-corrected chi connectivity index (χ3v) is 12.7. The SMILES string of the molecule is CCC(=O)CS1(OS(=O)(=O)CC23CCC(CC2=O)C3(C)C)CCCC1. The maximum Gasteiger partial charge on any atom is 0.277 e. The lowest BCUT2D eigenvalue weighted by Crippen LogP contribution is -2.43. The lowest BCUT2D eigenvalue weighted by atomic mass is 9.70. The number of carbonyl (C=O) groups excluding carboxylic acids is 2. The van der Waals surface area contributed by atoms with Crippen LogP contribution < -0.4 is 0 Å². The molecule has 0 aromatic rings. The van der Waals surface area contributed by atoms with Crippen LogP contribution in [0.5, 0.6) is 0 Å². The molecule has 5 nitrogen and oxygen atoms in total. The monoisotopic (exact) mass is 390 g/mol. The lowest BCUT2D eigenvalue weighted by molar-refractivity contribution is -0.128. The van der Waals surface area contributed by atoms with Crippen LogP contribution >= 0.6 is 10.3 Å². The third-order valence-electron chi connectivity index (χ3n) is 6.91. The van der Waals surface area contributed by atoms with Crippen molar-refractivity contribution in [2.24, 2.45) is 16.7 Å². The van der Waals surface area contributed by atoms with Crippen molar-refractivity contribution in [1.82, 2.24) is 0 Å². The summed E-state index contributed by atoms with van der Waals surface area (Å²) in [5.74, 6) is 1.84. The van der Waals surface area contributed by atoms with Gasteiger partial charge in [-0.05, 0) is 37.0 Å². The molecule has 0 N–H and O–H groups in total. The van der Waals surface area contributed by atoms with E-state index in [0.717, 1.165) is 19.3 Å². The highest BCUT2D eigenvalue weighted by Gasteiger charge is 2.65. The Kier molecular flexibility index (Phi) is 4.91. The second-order valence-electron chi connectivity index (χ2n) is 8.55. The average molecular weight is 391 g/mol. The van der Waals surface area contributed by atoms with E-state index >= 15 is 0 Å². The molecular formula is C18H30O5S2. The van der Waals surface area contributed by atoms with Crippen LogP contribution in [0.4, 0.5) is 0 Å². The summed E-state index contributed by atoms with van der Waals surface area (Å²) < 4.78 is 31.7. The molecule has 3 fully saturated rings. The Bertz CT molecular complexity index is 676. The van der Waals surface area contributed by atoms with Gasteiger partial charge < -0.3 is 0 Å². The maximum atomic E-state index is 13.0. The molecule has 25 heavy (non-hydrogen) atoms. The Balaban J connectivity index is 1.82. The van der Waals surface area contributed by atoms with Gasteiger partial charge in [0.05, 0.1) is 16.9 Å². The van der Waals surface area contributed by atoms with Crippen LogP contribution in [0.15, 0.2) is 0 Å². The summed E-state index contributed by atoms with van der Waals surface area (Å²) >= 11 is 0. The van der Waals surface area contributed by atoms with Gasteiger partial charge in [-0.3, -0.25) is 9.59 Å². The number of carbonyl (C=O) groups is 2. The molecule has 0 spiro atoms. The summed E-state index contributed by atoms with van der Waals surface area (Å²) in [5, 5.41) is 0. The van der Waals surface area contributed by atoms with Gasteiger partial charge in [0.2, 0.25) is 0 Å². The Morgan fingerprint density at radius 3 is 2.40 bits per heavy atom. The molecule has 0 radical (unpaired) electrons. The first kappa shape index (κ1) is 19.4. The predicted octanol–water partition coefficient (Wildman–Crippen LogP) is 3.22. The highest BCUT2D eigenvalue weighted by Crippen LogP contribution is 2.65. The molecule has 0 aromatic carbocycles. The Morgan fingerprint density at radius 1 is 1.28 bits per heavy atom. The molecule has 3 rings (SSSR count). The van der Waals surface area contributed by atoms with E-state index in [4.69, 9.17) is 3.63 Å². The number of hydrogen-bond donors (Lipinski definition) is 0. The molecule has 2 aliphatic carbocycles. The zero-order chi connectivity index (χ0) is 18.5. The molecular weight excluding hydrogens is 360 g/mol. The minimum atomic E-state index is -3.84. The second-order valence-corrected chi connectivity index (χ2v) is 13.5. The van der Waals surface area contributed by atoms with Gasteiger partial charge >= 0.3 is 0 Å². The minimum absolute atomic E-state index is 0.0727. The van der Waals surface area contributed by atoms with Gasteiger partial charge in [-0.2, -0.15) is 8.42 Å². The molecule has 144 valence electrons. The van der Waals surface area contributed by atoms with E-state index in [9.17, 15) is 18.0 Å². The molecule has 3 aliphatic rings. The van der Waals surface area contributed by atoms with Crippen LogP contribution in [0.25, 0.3) is 0 Å². The van der Waals surface area contributed by atoms with Gasteiger partial charge in [0.25, 0.3) is 10.1 Å². The number of fused-ring (bicyclic) bond motifs is 2. The van der Waals surface area contributed by atoms with Crippen molar-refractivity contribution in [3.63, 3.8) is 0 Å². The molecule has 1 heterocycles. The molecule has 2 bridgehead atoms. The maximum absolute atomic E-state index is 13.0. The Morgan fingerprint density at radius 2 is 1.92 bits per heavy atom. The van der Waals surface area contributed by atoms with Crippen molar-refractivity contribution in [2.45, 2.75) is 59.3 Å². The molecule has 1 aliphatic heterocycles. The summed E-state index contributed by atoms with van der Waals surface area (Å²) in [5.41, 5.74) is -1.09. The quantitative estimate of drug-likeness (QED) is 0.667. The first-order valence-electron chi connectivity index (χ1n) is 9.31. The van der Waals surface area contributed by atoms with Crippen LogP contribution in [0.3, 0.4) is 0 Å². The zero-order valence-corrected chi connectivity index (χ0v) is 17.1. The van der Waals surface area contributed by atoms with E-state index < -0.39 is 25.8 Å². The van der Waals surface area contributed by atoms with Crippen LogP contribution in [-0.4, -0.2) is 43.0 Å². The van der Waals surface area contributed by atoms with E-state index in [1.807, 2.05) is 13.8 Å². The standard InChI is InChI=1S/C18H30O5S2/c1-4-15(19)12-24(9-5-6-10-24)23-25(21,22)13-18-8-7-14(11-16(18)20)17(18,2)3/h14H,4-13H2,1-3H3. The van der Waals surface area contributed by atoms with Gasteiger partial charge in [0.15, 0.2) is 0 Å². The fourth-order valence-corrected chi connectivity index (χ4v) is 11.8. The highest BCUT2D eigenvalue weighted by molar-refractivity contribution is 8.33. The van der Waals surface area contributed by atoms with Crippen LogP contribution in [0.2, 0.25) is 0 Å². The number of rotatable bonds is 7. The molecule has 0 amide bonds. The molecule has 0 aromatic heterocycles. The van der Waals surface area contributed by atoms with E-state index in [1.54, 1.807) is 6.92 Å². The van der Waals surface area contributed by atoms with Gasteiger partial charge in [-0.1, -0.05) is 20.8 Å². The minimum Gasteiger partial charge on any atom is -0.299 e. The van der Waals surface area contributed by atoms with Crippen LogP contribution in [0.1, 0.15) is 59.3 Å². The fourth-order valence-electron chi connectivity index (χ4n) is 5.12. The number of hydrogen-bond acceptors (Lipinski definition) is 5. The third kappa shape index (κ3) is 3.21. The first-order valence-corrected chi connectivity index (χ1v) is 13.0. The van der Waals surface area contributed by atoms with Crippen LogP contribution in [-0.2, 0) is 23.3 Å². The summed E-state index contributed by atoms with van der Waals surface area (Å²) in [6.45, 7) is 5.87. The smallest absolute Gasteiger partial charge is 0.277 e. The van der Waals surface area contributed by atoms with Gasteiger partial charge in [-0.15, -0.1) is 10.3 Å². The van der Waals surface area contributed by atoms with Gasteiger partial charge in [0, 0.05) is 24.3 Å². The van der Waals surface area contributed by atoms with Gasteiger partial charge in [-0.25, -0.2) is 3.63 Å². The summed E-state index contributed by atoms with van der Waals surface area (Å²) in [7, 11) is -5.74. The molecule has 1 saturated heterocycles. The summed E-state index contributed by atoms with van der Waals surface area (Å²) in [4.78, 5) is 24.6. The van der Waals surface area contributed by atoms with Crippen molar-refractivity contribution in [1.29, 1.82) is 0 Å². The predicted molar refractivity (Wildman–Crippen MR) is 100 cm³/mol. The normalized spacial score (nSPS) is 34.4. The molecule has 2 unspecified atom stereocenters. The van der Waals surface area contributed by atoms with Crippen molar-refractivity contribution in [3.8, 4) is 0 Å². The Hall–Kier alpha value is -0.400. The number of Topliss-reactive ketones (excluding diaryl/α,β-unsaturated/α-hetero) is 2. The van der Waals surface area contributed by atoms with Gasteiger partial charge in [0.1, 0.15) is 11.6 Å². The Labute approximate surface area is 152 Å². The molecule has 2 saturated carbocycles. The lowest BCUT2D eigenvalue weighted by Gasteiger charge is -2.38. The number of ketones is 2. The van der Waals surface area contributed by atoms with Crippen molar-refractivity contribution >= 4 is 32.0 Å². The van der Waals surface area contributed by atoms with E-state index in [0.29, 0.717) is 30.8 Å².